The van der Waals surface area contributed by atoms with E-state index in [1.165, 1.54) is 6.07 Å². The van der Waals surface area contributed by atoms with E-state index in [2.05, 4.69) is 11.3 Å². The monoisotopic (exact) mass is 318 g/mol. The van der Waals surface area contributed by atoms with Gasteiger partial charge in [-0.15, -0.1) is 0 Å². The summed E-state index contributed by atoms with van der Waals surface area (Å²) in [6, 6.07) is 7.79. The van der Waals surface area contributed by atoms with Crippen molar-refractivity contribution < 1.29 is 18.3 Å². The maximum absolute atomic E-state index is 12.1. The number of phenols is 1. The predicted octanol–water partition coefficient (Wildman–Crippen LogP) is 1.41. The van der Waals surface area contributed by atoms with Crippen LogP contribution in [0, 0.1) is 0 Å². The van der Waals surface area contributed by atoms with Crippen molar-refractivity contribution in [3.8, 4) is 5.75 Å². The minimum atomic E-state index is -3.84. The van der Waals surface area contributed by atoms with E-state index in [9.17, 15) is 18.3 Å². The normalized spacial score (nSPS) is 20.2. The zero-order valence-corrected chi connectivity index (χ0v) is 12.4. The zero-order valence-electron chi connectivity index (χ0n) is 11.6. The Morgan fingerprint density at radius 3 is 2.68 bits per heavy atom. The third kappa shape index (κ3) is 2.34. The number of hydrogen-bond acceptors (Lipinski definition) is 4. The van der Waals surface area contributed by atoms with Crippen LogP contribution in [0.1, 0.15) is 5.56 Å². The molecule has 3 rings (SSSR count). The highest BCUT2D eigenvalue weighted by atomic mass is 32.2. The summed E-state index contributed by atoms with van der Waals surface area (Å²) in [6.07, 6.45) is 2.22. The van der Waals surface area contributed by atoms with Gasteiger partial charge in [-0.3, -0.25) is 4.31 Å². The predicted molar refractivity (Wildman–Crippen MR) is 85.0 cm³/mol. The SMILES string of the molecule is C=Cc1ccc2cc(O)c(N3CC(C=O)NS3(=O)=O)cc2c1. The zero-order chi connectivity index (χ0) is 15.9. The van der Waals surface area contributed by atoms with Gasteiger partial charge in [0.2, 0.25) is 0 Å². The van der Waals surface area contributed by atoms with Gasteiger partial charge >= 0.3 is 10.2 Å². The fourth-order valence-corrected chi connectivity index (χ4v) is 3.89. The van der Waals surface area contributed by atoms with Crippen LogP contribution in [0.4, 0.5) is 5.69 Å². The molecule has 22 heavy (non-hydrogen) atoms. The third-order valence-corrected chi connectivity index (χ3v) is 5.11. The Morgan fingerprint density at radius 1 is 1.27 bits per heavy atom. The molecule has 0 radical (unpaired) electrons. The molecule has 0 saturated carbocycles. The number of hydrogen-bond donors (Lipinski definition) is 2. The van der Waals surface area contributed by atoms with Gasteiger partial charge in [0.1, 0.15) is 12.0 Å². The first-order valence-corrected chi connectivity index (χ1v) is 8.03. The lowest BCUT2D eigenvalue weighted by Crippen LogP contribution is -2.30. The van der Waals surface area contributed by atoms with Crippen LogP contribution in [-0.2, 0) is 15.0 Å². The summed E-state index contributed by atoms with van der Waals surface area (Å²) in [5.74, 6) is -0.157. The minimum absolute atomic E-state index is 0.0496. The van der Waals surface area contributed by atoms with E-state index in [0.29, 0.717) is 6.29 Å². The second kappa shape index (κ2) is 5.11. The molecule has 0 aromatic heterocycles. The smallest absolute Gasteiger partial charge is 0.302 e. The number of nitrogens with zero attached hydrogens (tertiary/aromatic N) is 1. The van der Waals surface area contributed by atoms with Crippen LogP contribution < -0.4 is 9.03 Å². The molecule has 2 aromatic carbocycles. The lowest BCUT2D eigenvalue weighted by molar-refractivity contribution is -0.108. The molecule has 0 aliphatic carbocycles. The molecule has 114 valence electrons. The van der Waals surface area contributed by atoms with Gasteiger partial charge in [-0.1, -0.05) is 24.8 Å². The molecule has 0 amide bonds. The number of nitrogens with one attached hydrogen (secondary N) is 1. The van der Waals surface area contributed by atoms with Crippen molar-refractivity contribution in [2.75, 3.05) is 10.8 Å². The summed E-state index contributed by atoms with van der Waals surface area (Å²) in [6.45, 7) is 3.65. The molecule has 0 bridgehead atoms. The van der Waals surface area contributed by atoms with E-state index in [1.54, 1.807) is 12.1 Å². The highest BCUT2D eigenvalue weighted by Gasteiger charge is 2.36. The first kappa shape index (κ1) is 14.6. The number of carbonyl (C=O) groups excluding carboxylic acids is 1. The van der Waals surface area contributed by atoms with Crippen LogP contribution in [-0.4, -0.2) is 32.4 Å². The molecule has 7 heteroatoms. The molecule has 1 unspecified atom stereocenters. The number of anilines is 1. The van der Waals surface area contributed by atoms with Gasteiger partial charge in [0.05, 0.1) is 18.3 Å². The summed E-state index contributed by atoms with van der Waals surface area (Å²) in [5.41, 5.74) is 1.03. The van der Waals surface area contributed by atoms with Crippen molar-refractivity contribution in [3.63, 3.8) is 0 Å². The molecule has 2 N–H and O–H groups in total. The fraction of sp³-hybridized carbons (Fsp3) is 0.133. The van der Waals surface area contributed by atoms with E-state index in [1.807, 2.05) is 18.2 Å². The Morgan fingerprint density at radius 2 is 2.05 bits per heavy atom. The van der Waals surface area contributed by atoms with E-state index in [0.717, 1.165) is 20.6 Å². The highest BCUT2D eigenvalue weighted by Crippen LogP contribution is 2.35. The second-order valence-electron chi connectivity index (χ2n) is 5.05. The lowest BCUT2D eigenvalue weighted by atomic mass is 10.1. The third-order valence-electron chi connectivity index (χ3n) is 3.58. The number of aromatic hydroxyl groups is 1. The average Bonchev–Trinajstić information content (AvgIpc) is 2.81. The highest BCUT2D eigenvalue weighted by molar-refractivity contribution is 7.91. The van der Waals surface area contributed by atoms with Crippen LogP contribution in [0.5, 0.6) is 5.75 Å². The number of carbonyl (C=O) groups is 1. The van der Waals surface area contributed by atoms with Crippen molar-refractivity contribution in [3.05, 3.63) is 42.5 Å². The van der Waals surface area contributed by atoms with Gasteiger partial charge in [-0.2, -0.15) is 13.1 Å². The summed E-state index contributed by atoms with van der Waals surface area (Å²) in [5, 5.41) is 11.7. The lowest BCUT2D eigenvalue weighted by Gasteiger charge is -2.18. The van der Waals surface area contributed by atoms with Crippen molar-refractivity contribution in [1.29, 1.82) is 0 Å². The quantitative estimate of drug-likeness (QED) is 0.838. The summed E-state index contributed by atoms with van der Waals surface area (Å²) in [4.78, 5) is 10.8. The van der Waals surface area contributed by atoms with E-state index in [4.69, 9.17) is 0 Å². The number of phenolic OH excluding ortho intramolecular Hbond substituents is 1. The molecule has 1 aliphatic heterocycles. The van der Waals surface area contributed by atoms with Gasteiger partial charge in [0.25, 0.3) is 0 Å². The molecule has 1 aliphatic rings. The summed E-state index contributed by atoms with van der Waals surface area (Å²) in [7, 11) is -3.84. The molecule has 1 atom stereocenters. The van der Waals surface area contributed by atoms with Crippen molar-refractivity contribution >= 4 is 39.0 Å². The Hall–Kier alpha value is -2.38. The number of benzene rings is 2. The molecular formula is C15H14N2O4S. The number of aldehydes is 1. The van der Waals surface area contributed by atoms with Gasteiger partial charge in [0.15, 0.2) is 0 Å². The molecule has 2 aromatic rings. The Kier molecular flexibility index (Phi) is 3.38. The van der Waals surface area contributed by atoms with Crippen LogP contribution in [0.3, 0.4) is 0 Å². The van der Waals surface area contributed by atoms with Crippen molar-refractivity contribution in [1.82, 2.24) is 4.72 Å². The van der Waals surface area contributed by atoms with Crippen molar-refractivity contribution in [2.24, 2.45) is 0 Å². The molecular weight excluding hydrogens is 304 g/mol. The van der Waals surface area contributed by atoms with Crippen LogP contribution in [0.25, 0.3) is 16.8 Å². The van der Waals surface area contributed by atoms with E-state index in [-0.39, 0.29) is 18.0 Å². The van der Waals surface area contributed by atoms with Crippen LogP contribution in [0.15, 0.2) is 36.9 Å². The maximum Gasteiger partial charge on any atom is 0.302 e. The average molecular weight is 318 g/mol. The van der Waals surface area contributed by atoms with E-state index >= 15 is 0 Å². The van der Waals surface area contributed by atoms with Gasteiger partial charge in [-0.05, 0) is 34.5 Å². The first-order valence-electron chi connectivity index (χ1n) is 6.59. The largest absolute Gasteiger partial charge is 0.506 e. The summed E-state index contributed by atoms with van der Waals surface area (Å²) < 4.78 is 27.4. The standard InChI is InChI=1S/C15H14N2O4S/c1-2-10-3-4-11-7-15(19)14(6-12(11)5-10)17-8-13(9-18)16-22(17,20)21/h2-7,9,13,16,19H,1,8H2. The van der Waals surface area contributed by atoms with Crippen LogP contribution in [0.2, 0.25) is 0 Å². The number of rotatable bonds is 3. The van der Waals surface area contributed by atoms with Gasteiger partial charge in [0, 0.05) is 0 Å². The molecule has 1 fully saturated rings. The van der Waals surface area contributed by atoms with Gasteiger partial charge in [-0.25, -0.2) is 0 Å². The molecule has 6 nitrogen and oxygen atoms in total. The van der Waals surface area contributed by atoms with Crippen LogP contribution >= 0.6 is 0 Å². The maximum atomic E-state index is 12.1. The Balaban J connectivity index is 2.16. The molecule has 0 spiro atoms. The van der Waals surface area contributed by atoms with E-state index < -0.39 is 16.3 Å². The first-order chi connectivity index (χ1) is 10.4. The summed E-state index contributed by atoms with van der Waals surface area (Å²) >= 11 is 0. The van der Waals surface area contributed by atoms with Crippen molar-refractivity contribution in [2.45, 2.75) is 6.04 Å². The van der Waals surface area contributed by atoms with Gasteiger partial charge < -0.3 is 9.90 Å². The fourth-order valence-electron chi connectivity index (χ4n) is 2.49. The second-order valence-corrected chi connectivity index (χ2v) is 6.67. The minimum Gasteiger partial charge on any atom is -0.506 e. The molecule has 1 heterocycles. The Labute approximate surface area is 127 Å². The number of fused-ring (bicyclic) bond motifs is 1. The molecule has 1 saturated heterocycles. The topological polar surface area (TPSA) is 86.7 Å². The Bertz CT molecular complexity index is 876.